The normalized spacial score (nSPS) is 11.5. The summed E-state index contributed by atoms with van der Waals surface area (Å²) >= 11 is 0. The Morgan fingerprint density at radius 2 is 0.865 bits per heavy atom. The topological polar surface area (TPSA) is 38.7 Å². The van der Waals surface area contributed by atoms with Crippen molar-refractivity contribution in [1.82, 2.24) is 15.0 Å². The summed E-state index contributed by atoms with van der Waals surface area (Å²) in [7, 11) is 0. The van der Waals surface area contributed by atoms with Gasteiger partial charge in [0.25, 0.3) is 0 Å². The molecule has 10 rings (SSSR count). The number of benzene rings is 8. The molecule has 0 radical (unpaired) electrons. The zero-order valence-electron chi connectivity index (χ0n) is 28.2. The van der Waals surface area contributed by atoms with Crippen LogP contribution in [0.3, 0.4) is 0 Å². The van der Waals surface area contributed by atoms with Crippen molar-refractivity contribution in [3.8, 4) is 56.2 Å². The summed E-state index contributed by atoms with van der Waals surface area (Å²) in [6.07, 6.45) is 3.69. The SMILES string of the molecule is c1ccc(-c2cccc(-c3ccnc(-c4ccc5c(-c6ccc7ccccc7c6)c6ccccc6c(-c6ccc7ccccc7c6)c5c4)n3)c2)nc1. The summed E-state index contributed by atoms with van der Waals surface area (Å²) in [5, 5.41) is 9.71. The summed E-state index contributed by atoms with van der Waals surface area (Å²) in [6.45, 7) is 0. The summed E-state index contributed by atoms with van der Waals surface area (Å²) in [5.74, 6) is 0.688. The Hall–Kier alpha value is -6.97. The van der Waals surface area contributed by atoms with Gasteiger partial charge in [0.2, 0.25) is 0 Å². The molecule has 0 aliphatic carbocycles. The van der Waals surface area contributed by atoms with E-state index in [4.69, 9.17) is 9.97 Å². The van der Waals surface area contributed by atoms with Gasteiger partial charge >= 0.3 is 0 Å². The highest BCUT2D eigenvalue weighted by atomic mass is 14.9. The zero-order chi connectivity index (χ0) is 34.4. The largest absolute Gasteiger partial charge is 0.256 e. The van der Waals surface area contributed by atoms with Crippen LogP contribution >= 0.6 is 0 Å². The minimum Gasteiger partial charge on any atom is -0.256 e. The molecule has 0 aliphatic heterocycles. The van der Waals surface area contributed by atoms with E-state index in [1.165, 1.54) is 65.3 Å². The molecule has 242 valence electrons. The second-order valence-corrected chi connectivity index (χ2v) is 13.2. The summed E-state index contributed by atoms with van der Waals surface area (Å²) in [4.78, 5) is 14.5. The first kappa shape index (κ1) is 29.9. The molecule has 3 nitrogen and oxygen atoms in total. The van der Waals surface area contributed by atoms with Crippen LogP contribution in [0.25, 0.3) is 99.2 Å². The van der Waals surface area contributed by atoms with Crippen molar-refractivity contribution in [1.29, 1.82) is 0 Å². The first-order valence-electron chi connectivity index (χ1n) is 17.6. The van der Waals surface area contributed by atoms with Crippen molar-refractivity contribution in [2.75, 3.05) is 0 Å². The van der Waals surface area contributed by atoms with Crippen LogP contribution in [0.5, 0.6) is 0 Å². The van der Waals surface area contributed by atoms with E-state index in [0.717, 1.165) is 28.1 Å². The van der Waals surface area contributed by atoms with Gasteiger partial charge in [-0.15, -0.1) is 0 Å². The van der Waals surface area contributed by atoms with Gasteiger partial charge in [-0.3, -0.25) is 4.98 Å². The molecule has 3 heteroatoms. The van der Waals surface area contributed by atoms with E-state index in [1.807, 2.05) is 36.7 Å². The van der Waals surface area contributed by atoms with Gasteiger partial charge in [-0.1, -0.05) is 133 Å². The van der Waals surface area contributed by atoms with Gasteiger partial charge in [-0.05, 0) is 108 Å². The molecule has 0 unspecified atom stereocenters. The van der Waals surface area contributed by atoms with Crippen molar-refractivity contribution < 1.29 is 0 Å². The predicted octanol–water partition coefficient (Wildman–Crippen LogP) is 12.8. The van der Waals surface area contributed by atoms with E-state index in [-0.39, 0.29) is 0 Å². The number of hydrogen-bond acceptors (Lipinski definition) is 3. The lowest BCUT2D eigenvalue weighted by molar-refractivity contribution is 1.18. The van der Waals surface area contributed by atoms with Crippen LogP contribution in [-0.4, -0.2) is 15.0 Å². The lowest BCUT2D eigenvalue weighted by atomic mass is 9.84. The monoisotopic (exact) mass is 661 g/mol. The molecular weight excluding hydrogens is 631 g/mol. The van der Waals surface area contributed by atoms with Crippen LogP contribution in [0.15, 0.2) is 188 Å². The van der Waals surface area contributed by atoms with E-state index in [1.54, 1.807) is 0 Å². The Morgan fingerprint density at radius 1 is 0.288 bits per heavy atom. The molecule has 0 aliphatic rings. The maximum Gasteiger partial charge on any atom is 0.159 e. The highest BCUT2D eigenvalue weighted by molar-refractivity contribution is 6.22. The van der Waals surface area contributed by atoms with Gasteiger partial charge in [-0.2, -0.15) is 0 Å². The Bertz CT molecular complexity index is 2970. The van der Waals surface area contributed by atoms with E-state index in [2.05, 4.69) is 157 Å². The lowest BCUT2D eigenvalue weighted by Gasteiger charge is -2.19. The smallest absolute Gasteiger partial charge is 0.159 e. The van der Waals surface area contributed by atoms with E-state index < -0.39 is 0 Å². The van der Waals surface area contributed by atoms with E-state index in [0.29, 0.717) is 5.82 Å². The second-order valence-electron chi connectivity index (χ2n) is 13.2. The molecule has 8 aromatic carbocycles. The fraction of sp³-hybridized carbons (Fsp3) is 0. The molecule has 0 spiro atoms. The predicted molar refractivity (Wildman–Crippen MR) is 217 cm³/mol. The number of hydrogen-bond donors (Lipinski definition) is 0. The van der Waals surface area contributed by atoms with Gasteiger partial charge in [0, 0.05) is 29.1 Å². The van der Waals surface area contributed by atoms with E-state index >= 15 is 0 Å². The molecule has 2 heterocycles. The maximum absolute atomic E-state index is 5.14. The molecule has 0 bridgehead atoms. The minimum absolute atomic E-state index is 0.688. The third-order valence-corrected chi connectivity index (χ3v) is 10.1. The van der Waals surface area contributed by atoms with Crippen LogP contribution < -0.4 is 0 Å². The highest BCUT2D eigenvalue weighted by Crippen LogP contribution is 2.45. The fourth-order valence-corrected chi connectivity index (χ4v) is 7.66. The second kappa shape index (κ2) is 12.4. The van der Waals surface area contributed by atoms with Gasteiger partial charge < -0.3 is 0 Å². The minimum atomic E-state index is 0.688. The van der Waals surface area contributed by atoms with Crippen molar-refractivity contribution in [3.63, 3.8) is 0 Å². The highest BCUT2D eigenvalue weighted by Gasteiger charge is 2.19. The molecule has 0 atom stereocenters. The summed E-state index contributed by atoms with van der Waals surface area (Å²) < 4.78 is 0. The Balaban J connectivity index is 1.21. The molecule has 52 heavy (non-hydrogen) atoms. The van der Waals surface area contributed by atoms with Crippen molar-refractivity contribution in [2.24, 2.45) is 0 Å². The standard InChI is InChI=1S/C49H31N3/c1-3-12-34-28-38(21-19-32(34)10-1)47-41-16-5-6-17-42(41)48(39-22-20-33-11-2-4-13-35(33)29-39)44-31-40(23-24-43(44)47)49-51-27-25-46(52-49)37-15-9-14-36(30-37)45-18-7-8-26-50-45/h1-31H. The third-order valence-electron chi connectivity index (χ3n) is 10.1. The zero-order valence-corrected chi connectivity index (χ0v) is 28.2. The third kappa shape index (κ3) is 5.19. The first-order valence-corrected chi connectivity index (χ1v) is 17.6. The molecule has 0 saturated carbocycles. The average Bonchev–Trinajstić information content (AvgIpc) is 3.22. The van der Waals surface area contributed by atoms with Crippen LogP contribution in [0.4, 0.5) is 0 Å². The summed E-state index contributed by atoms with van der Waals surface area (Å²) in [5.41, 5.74) is 9.67. The van der Waals surface area contributed by atoms with Gasteiger partial charge in [0.05, 0.1) is 11.4 Å². The van der Waals surface area contributed by atoms with Crippen LogP contribution in [0, 0.1) is 0 Å². The molecule has 10 aromatic rings. The molecule has 0 saturated heterocycles. The van der Waals surface area contributed by atoms with Gasteiger partial charge in [0.15, 0.2) is 5.82 Å². The number of aromatic nitrogens is 3. The number of nitrogens with zero attached hydrogens (tertiary/aromatic N) is 3. The summed E-state index contributed by atoms with van der Waals surface area (Å²) in [6, 6.07) is 62.7. The lowest BCUT2D eigenvalue weighted by Crippen LogP contribution is -1.95. The maximum atomic E-state index is 5.14. The molecule has 2 aromatic heterocycles. The molecular formula is C49H31N3. The van der Waals surface area contributed by atoms with Crippen LogP contribution in [-0.2, 0) is 0 Å². The van der Waals surface area contributed by atoms with Crippen LogP contribution in [0.1, 0.15) is 0 Å². The molecule has 0 N–H and O–H groups in total. The van der Waals surface area contributed by atoms with Crippen molar-refractivity contribution >= 4 is 43.1 Å². The van der Waals surface area contributed by atoms with Crippen LogP contribution in [0.2, 0.25) is 0 Å². The van der Waals surface area contributed by atoms with Crippen molar-refractivity contribution in [2.45, 2.75) is 0 Å². The van der Waals surface area contributed by atoms with Gasteiger partial charge in [0.1, 0.15) is 0 Å². The number of rotatable bonds is 5. The average molecular weight is 662 g/mol. The van der Waals surface area contributed by atoms with Crippen molar-refractivity contribution in [3.05, 3.63) is 188 Å². The molecule has 0 fully saturated rings. The first-order chi connectivity index (χ1) is 25.8. The Morgan fingerprint density at radius 3 is 1.54 bits per heavy atom. The fourth-order valence-electron chi connectivity index (χ4n) is 7.66. The van der Waals surface area contributed by atoms with E-state index in [9.17, 15) is 0 Å². The quantitative estimate of drug-likeness (QED) is 0.172. The Labute approximate surface area is 301 Å². The van der Waals surface area contributed by atoms with Gasteiger partial charge in [-0.25, -0.2) is 9.97 Å². The number of fused-ring (bicyclic) bond motifs is 4. The molecule has 0 amide bonds. The number of pyridine rings is 1. The Kier molecular flexibility index (Phi) is 7.14.